The summed E-state index contributed by atoms with van der Waals surface area (Å²) in [5.41, 5.74) is 1.35. The minimum atomic E-state index is -4.11. The molecule has 0 aliphatic carbocycles. The van der Waals surface area contributed by atoms with Crippen LogP contribution < -0.4 is 5.32 Å². The van der Waals surface area contributed by atoms with E-state index >= 15 is 0 Å². The second-order valence-electron chi connectivity index (χ2n) is 7.28. The van der Waals surface area contributed by atoms with Crippen LogP contribution in [0.4, 0.5) is 13.2 Å². The van der Waals surface area contributed by atoms with Crippen LogP contribution in [0.25, 0.3) is 0 Å². The van der Waals surface area contributed by atoms with Crippen molar-refractivity contribution in [2.24, 2.45) is 10.9 Å². The summed E-state index contributed by atoms with van der Waals surface area (Å²) in [6, 6.07) is 10.5. The molecule has 1 aromatic carbocycles. The topological polar surface area (TPSA) is 30.9 Å². The predicted molar refractivity (Wildman–Crippen MR) is 113 cm³/mol. The van der Waals surface area contributed by atoms with Crippen molar-refractivity contribution in [3.8, 4) is 0 Å². The van der Waals surface area contributed by atoms with Crippen LogP contribution in [0.2, 0.25) is 0 Å². The molecule has 1 N–H and O–H groups in total. The predicted octanol–water partition coefficient (Wildman–Crippen LogP) is 3.55. The number of rotatable bonds is 4. The lowest BCUT2D eigenvalue weighted by Gasteiger charge is -2.23. The Kier molecular flexibility index (Phi) is 8.20. The van der Waals surface area contributed by atoms with Crippen molar-refractivity contribution in [3.05, 3.63) is 35.9 Å². The molecule has 8 heteroatoms. The fourth-order valence-electron chi connectivity index (χ4n) is 3.99. The van der Waals surface area contributed by atoms with E-state index in [1.807, 2.05) is 6.07 Å². The third-order valence-corrected chi connectivity index (χ3v) is 5.29. The first-order valence-electron chi connectivity index (χ1n) is 9.24. The van der Waals surface area contributed by atoms with Crippen molar-refractivity contribution in [1.29, 1.82) is 0 Å². The van der Waals surface area contributed by atoms with E-state index in [-0.39, 0.29) is 29.9 Å². The van der Waals surface area contributed by atoms with Crippen LogP contribution in [0.1, 0.15) is 24.3 Å². The Hall–Kier alpha value is -1.03. The highest BCUT2D eigenvalue weighted by Crippen LogP contribution is 2.27. The molecule has 2 aliphatic heterocycles. The standard InChI is InChI=1S/C19H27F3N4.HI/c1-23-18(24-11-15-7-9-25(12-15)14-19(20,21)22)26-10-8-17(13-26)16-5-3-2-4-6-16;/h2-6,15,17H,7-14H2,1H3,(H,23,24);1H. The molecular formula is C19H28F3IN4. The second-order valence-corrected chi connectivity index (χ2v) is 7.28. The van der Waals surface area contributed by atoms with Crippen LogP contribution in [0, 0.1) is 5.92 Å². The first-order chi connectivity index (χ1) is 12.4. The molecule has 2 saturated heterocycles. The van der Waals surface area contributed by atoms with E-state index in [9.17, 15) is 13.2 Å². The number of alkyl halides is 3. The quantitative estimate of drug-likeness (QED) is 0.393. The molecule has 2 fully saturated rings. The molecule has 27 heavy (non-hydrogen) atoms. The van der Waals surface area contributed by atoms with Crippen LogP contribution in [-0.2, 0) is 0 Å². The van der Waals surface area contributed by atoms with Gasteiger partial charge in [-0.1, -0.05) is 30.3 Å². The summed E-state index contributed by atoms with van der Waals surface area (Å²) in [6.45, 7) is 2.76. The van der Waals surface area contributed by atoms with Gasteiger partial charge >= 0.3 is 6.18 Å². The Morgan fingerprint density at radius 2 is 1.89 bits per heavy atom. The van der Waals surface area contributed by atoms with Crippen LogP contribution in [0.5, 0.6) is 0 Å². The van der Waals surface area contributed by atoms with Gasteiger partial charge < -0.3 is 10.2 Å². The second kappa shape index (κ2) is 9.95. The van der Waals surface area contributed by atoms with Gasteiger partial charge in [-0.05, 0) is 30.9 Å². The largest absolute Gasteiger partial charge is 0.401 e. The summed E-state index contributed by atoms with van der Waals surface area (Å²) in [5, 5.41) is 3.38. The number of nitrogens with one attached hydrogen (secondary N) is 1. The van der Waals surface area contributed by atoms with E-state index in [1.165, 1.54) is 10.5 Å². The summed E-state index contributed by atoms with van der Waals surface area (Å²) in [6.07, 6.45) is -2.22. The van der Waals surface area contributed by atoms with E-state index in [1.54, 1.807) is 7.05 Å². The molecular weight excluding hydrogens is 468 g/mol. The zero-order valence-corrected chi connectivity index (χ0v) is 17.9. The van der Waals surface area contributed by atoms with Crippen LogP contribution >= 0.6 is 24.0 Å². The fraction of sp³-hybridized carbons (Fsp3) is 0.632. The Morgan fingerprint density at radius 1 is 1.15 bits per heavy atom. The minimum Gasteiger partial charge on any atom is -0.356 e. The summed E-state index contributed by atoms with van der Waals surface area (Å²) < 4.78 is 37.5. The number of guanidine groups is 1. The van der Waals surface area contributed by atoms with E-state index in [0.717, 1.165) is 31.9 Å². The van der Waals surface area contributed by atoms with Gasteiger partial charge in [0.05, 0.1) is 6.54 Å². The highest BCUT2D eigenvalue weighted by Gasteiger charge is 2.34. The van der Waals surface area contributed by atoms with Crippen LogP contribution in [0.3, 0.4) is 0 Å². The first-order valence-corrected chi connectivity index (χ1v) is 9.24. The molecule has 0 bridgehead atoms. The average Bonchev–Trinajstić information content (AvgIpc) is 3.25. The van der Waals surface area contributed by atoms with Gasteiger partial charge in [-0.25, -0.2) is 0 Å². The number of hydrogen-bond donors (Lipinski definition) is 1. The lowest BCUT2D eigenvalue weighted by molar-refractivity contribution is -0.143. The number of aliphatic imine (C=N–C) groups is 1. The highest BCUT2D eigenvalue weighted by molar-refractivity contribution is 14.0. The van der Waals surface area contributed by atoms with E-state index < -0.39 is 12.7 Å². The molecule has 0 amide bonds. The van der Waals surface area contributed by atoms with Crippen molar-refractivity contribution in [3.63, 3.8) is 0 Å². The molecule has 2 aliphatic rings. The van der Waals surface area contributed by atoms with Crippen molar-refractivity contribution in [1.82, 2.24) is 15.1 Å². The van der Waals surface area contributed by atoms with Gasteiger partial charge in [0.25, 0.3) is 0 Å². The molecule has 2 atom stereocenters. The lowest BCUT2D eigenvalue weighted by atomic mass is 9.99. The first kappa shape index (κ1) is 22.3. The highest BCUT2D eigenvalue weighted by atomic mass is 127. The molecule has 152 valence electrons. The van der Waals surface area contributed by atoms with Gasteiger partial charge in [-0.15, -0.1) is 24.0 Å². The van der Waals surface area contributed by atoms with Gasteiger partial charge in [0, 0.05) is 39.1 Å². The van der Waals surface area contributed by atoms with E-state index in [0.29, 0.717) is 25.6 Å². The number of halogens is 4. The zero-order chi connectivity index (χ0) is 18.6. The van der Waals surface area contributed by atoms with Crippen LogP contribution in [0.15, 0.2) is 35.3 Å². The van der Waals surface area contributed by atoms with Crippen molar-refractivity contribution in [2.45, 2.75) is 24.9 Å². The van der Waals surface area contributed by atoms with Crippen LogP contribution in [-0.4, -0.2) is 68.3 Å². The molecule has 2 unspecified atom stereocenters. The van der Waals surface area contributed by atoms with Crippen molar-refractivity contribution >= 4 is 29.9 Å². The van der Waals surface area contributed by atoms with E-state index in [2.05, 4.69) is 39.5 Å². The van der Waals surface area contributed by atoms with Gasteiger partial charge in [0.2, 0.25) is 0 Å². The van der Waals surface area contributed by atoms with Crippen molar-refractivity contribution < 1.29 is 13.2 Å². The molecule has 0 radical (unpaired) electrons. The number of likely N-dealkylation sites (tertiary alicyclic amines) is 2. The van der Waals surface area contributed by atoms with E-state index in [4.69, 9.17) is 0 Å². The maximum Gasteiger partial charge on any atom is 0.401 e. The SMILES string of the molecule is CN=C(NCC1CCN(CC(F)(F)F)C1)N1CCC(c2ccccc2)C1.I. The summed E-state index contributed by atoms with van der Waals surface area (Å²) in [4.78, 5) is 8.12. The van der Waals surface area contributed by atoms with Crippen molar-refractivity contribution in [2.75, 3.05) is 46.3 Å². The minimum absolute atomic E-state index is 0. The number of nitrogens with zero attached hydrogens (tertiary/aromatic N) is 3. The molecule has 0 saturated carbocycles. The Balaban J connectivity index is 0.00000261. The molecule has 0 aromatic heterocycles. The molecule has 3 rings (SSSR count). The maximum atomic E-state index is 12.5. The smallest absolute Gasteiger partial charge is 0.356 e. The summed E-state index contributed by atoms with van der Waals surface area (Å²) in [5.74, 6) is 1.60. The summed E-state index contributed by atoms with van der Waals surface area (Å²) in [7, 11) is 1.77. The van der Waals surface area contributed by atoms with Gasteiger partial charge in [-0.3, -0.25) is 9.89 Å². The third kappa shape index (κ3) is 6.51. The molecule has 1 aromatic rings. The third-order valence-electron chi connectivity index (χ3n) is 5.29. The molecule has 2 heterocycles. The Bertz CT molecular complexity index is 609. The van der Waals surface area contributed by atoms with Gasteiger partial charge in [0.1, 0.15) is 0 Å². The monoisotopic (exact) mass is 496 g/mol. The Labute approximate surface area is 176 Å². The number of hydrogen-bond acceptors (Lipinski definition) is 2. The maximum absolute atomic E-state index is 12.5. The Morgan fingerprint density at radius 3 is 2.56 bits per heavy atom. The summed E-state index contributed by atoms with van der Waals surface area (Å²) >= 11 is 0. The fourth-order valence-corrected chi connectivity index (χ4v) is 3.99. The zero-order valence-electron chi connectivity index (χ0n) is 15.6. The number of benzene rings is 1. The molecule has 4 nitrogen and oxygen atoms in total. The van der Waals surface area contributed by atoms with Gasteiger partial charge in [0.15, 0.2) is 5.96 Å². The van der Waals surface area contributed by atoms with Gasteiger partial charge in [-0.2, -0.15) is 13.2 Å². The average molecular weight is 496 g/mol. The lowest BCUT2D eigenvalue weighted by Crippen LogP contribution is -2.42. The molecule has 0 spiro atoms. The normalized spacial score (nSPS) is 24.1.